The van der Waals surface area contributed by atoms with E-state index in [-0.39, 0.29) is 0 Å². The van der Waals surface area contributed by atoms with Crippen LogP contribution in [0.15, 0.2) is 12.4 Å². The maximum atomic E-state index is 5.76. The van der Waals surface area contributed by atoms with Crippen LogP contribution < -0.4 is 10.6 Å². The smallest absolute Gasteiger partial charge is 0.231 e. The van der Waals surface area contributed by atoms with Crippen LogP contribution in [-0.2, 0) is 0 Å². The second kappa shape index (κ2) is 8.35. The predicted octanol–water partition coefficient (Wildman–Crippen LogP) is 2.75. The van der Waals surface area contributed by atoms with Gasteiger partial charge in [-0.3, -0.25) is 4.40 Å². The molecular formula is C14H26N6. The summed E-state index contributed by atoms with van der Waals surface area (Å²) in [5.41, 5.74) is 6.37. The first-order valence-corrected chi connectivity index (χ1v) is 7.40. The van der Waals surface area contributed by atoms with E-state index < -0.39 is 0 Å². The number of nitrogens with zero attached hydrogens (tertiary/aromatic N) is 5. The maximum Gasteiger partial charge on any atom is 0.231 e. The highest BCUT2D eigenvalue weighted by Gasteiger charge is 2.11. The van der Waals surface area contributed by atoms with Crippen molar-refractivity contribution < 1.29 is 0 Å². The van der Waals surface area contributed by atoms with Crippen LogP contribution in [0.1, 0.15) is 46.5 Å². The average molecular weight is 278 g/mol. The van der Waals surface area contributed by atoms with Gasteiger partial charge in [0.2, 0.25) is 11.6 Å². The molecule has 6 nitrogen and oxygen atoms in total. The molecule has 0 aliphatic heterocycles. The number of aromatic nitrogens is 4. The topological polar surface area (TPSA) is 72.3 Å². The van der Waals surface area contributed by atoms with E-state index in [2.05, 4.69) is 27.0 Å². The molecule has 20 heavy (non-hydrogen) atoms. The number of hydrogen-bond acceptors (Lipinski definition) is 5. The molecule has 2 heterocycles. The van der Waals surface area contributed by atoms with E-state index in [1.165, 1.54) is 25.7 Å². The molecule has 0 atom stereocenters. The Labute approximate surface area is 121 Å². The molecule has 0 bridgehead atoms. The van der Waals surface area contributed by atoms with E-state index >= 15 is 0 Å². The Morgan fingerprint density at radius 2 is 1.95 bits per heavy atom. The first kappa shape index (κ1) is 16.2. The van der Waals surface area contributed by atoms with E-state index in [9.17, 15) is 0 Å². The average Bonchev–Trinajstić information content (AvgIpc) is 2.91. The normalized spacial score (nSPS) is 10.2. The van der Waals surface area contributed by atoms with E-state index in [1.54, 1.807) is 6.20 Å². The van der Waals surface area contributed by atoms with Gasteiger partial charge in [0, 0.05) is 26.0 Å². The Balaban J connectivity index is 0.000000956. The summed E-state index contributed by atoms with van der Waals surface area (Å²) in [4.78, 5) is 6.11. The molecule has 2 aromatic rings. The van der Waals surface area contributed by atoms with Gasteiger partial charge in [-0.15, -0.1) is 10.2 Å². The Bertz CT molecular complexity index is 507. The van der Waals surface area contributed by atoms with Crippen molar-refractivity contribution in [1.29, 1.82) is 0 Å². The van der Waals surface area contributed by atoms with Gasteiger partial charge in [0.25, 0.3) is 0 Å². The third kappa shape index (κ3) is 3.82. The monoisotopic (exact) mass is 278 g/mol. The van der Waals surface area contributed by atoms with Crippen LogP contribution in [0.3, 0.4) is 0 Å². The minimum absolute atomic E-state index is 0.413. The van der Waals surface area contributed by atoms with Gasteiger partial charge in [0.05, 0.1) is 0 Å². The van der Waals surface area contributed by atoms with Gasteiger partial charge < -0.3 is 10.6 Å². The summed E-state index contributed by atoms with van der Waals surface area (Å²) < 4.78 is 1.88. The molecule has 0 saturated heterocycles. The molecule has 0 saturated carbocycles. The quantitative estimate of drug-likeness (QED) is 0.823. The lowest BCUT2D eigenvalue weighted by Crippen LogP contribution is -2.21. The number of anilines is 2. The molecule has 112 valence electrons. The zero-order chi connectivity index (χ0) is 15.0. The van der Waals surface area contributed by atoms with E-state index in [0.29, 0.717) is 11.5 Å². The van der Waals surface area contributed by atoms with E-state index in [1.807, 2.05) is 31.5 Å². The van der Waals surface area contributed by atoms with Crippen LogP contribution in [-0.4, -0.2) is 33.2 Å². The maximum absolute atomic E-state index is 5.76. The van der Waals surface area contributed by atoms with Gasteiger partial charge in [-0.2, -0.15) is 0 Å². The minimum atomic E-state index is 0.413. The second-order valence-corrected chi connectivity index (χ2v) is 4.49. The molecule has 0 aromatic carbocycles. The standard InChI is InChI=1S/C12H20N6.C2H6/c1-3-4-5-6-8-17(2)12-16-15-11-10(13)14-7-9-18(11)12;1-2/h7,9H,3-6,8H2,1-2H3,(H2,13,14);1-2H3. The Kier molecular flexibility index (Phi) is 6.76. The van der Waals surface area contributed by atoms with Crippen molar-refractivity contribution in [2.24, 2.45) is 0 Å². The lowest BCUT2D eigenvalue weighted by molar-refractivity contribution is 0.655. The molecule has 2 aromatic heterocycles. The summed E-state index contributed by atoms with van der Waals surface area (Å²) in [5, 5.41) is 8.24. The lowest BCUT2D eigenvalue weighted by Gasteiger charge is -2.16. The fraction of sp³-hybridized carbons (Fsp3) is 0.643. The van der Waals surface area contributed by atoms with E-state index in [4.69, 9.17) is 5.73 Å². The highest BCUT2D eigenvalue weighted by atomic mass is 15.4. The number of unbranched alkanes of at least 4 members (excludes halogenated alkanes) is 3. The third-order valence-corrected chi connectivity index (χ3v) is 3.02. The van der Waals surface area contributed by atoms with Crippen LogP contribution in [0.2, 0.25) is 0 Å². The van der Waals surface area contributed by atoms with Crippen LogP contribution >= 0.6 is 0 Å². The molecule has 2 rings (SSSR count). The number of rotatable bonds is 6. The second-order valence-electron chi connectivity index (χ2n) is 4.49. The van der Waals surface area contributed by atoms with Crippen LogP contribution in [0.4, 0.5) is 11.8 Å². The number of nitrogen functional groups attached to an aromatic ring is 1. The summed E-state index contributed by atoms with van der Waals surface area (Å²) in [7, 11) is 2.03. The van der Waals surface area contributed by atoms with Crippen LogP contribution in [0.5, 0.6) is 0 Å². The number of nitrogens with two attached hydrogens (primary N) is 1. The molecule has 0 spiro atoms. The first-order valence-electron chi connectivity index (χ1n) is 7.40. The highest BCUT2D eigenvalue weighted by molar-refractivity contribution is 5.61. The first-order chi connectivity index (χ1) is 9.74. The largest absolute Gasteiger partial charge is 0.381 e. The molecule has 0 unspecified atom stereocenters. The van der Waals surface area contributed by atoms with Gasteiger partial charge in [-0.25, -0.2) is 4.98 Å². The number of fused-ring (bicyclic) bond motifs is 1. The Morgan fingerprint density at radius 3 is 2.65 bits per heavy atom. The third-order valence-electron chi connectivity index (χ3n) is 3.02. The Hall–Kier alpha value is -1.85. The van der Waals surface area contributed by atoms with Gasteiger partial charge in [0.1, 0.15) is 0 Å². The summed E-state index contributed by atoms with van der Waals surface area (Å²) in [6, 6.07) is 0. The molecule has 0 aliphatic rings. The van der Waals surface area contributed by atoms with Gasteiger partial charge >= 0.3 is 0 Å². The summed E-state index contributed by atoms with van der Waals surface area (Å²) in [6.07, 6.45) is 8.45. The molecule has 2 N–H and O–H groups in total. The van der Waals surface area contributed by atoms with Crippen molar-refractivity contribution in [3.63, 3.8) is 0 Å². The summed E-state index contributed by atoms with van der Waals surface area (Å²) in [6.45, 7) is 7.19. The fourth-order valence-electron chi connectivity index (χ4n) is 1.97. The van der Waals surface area contributed by atoms with Gasteiger partial charge in [0.15, 0.2) is 5.82 Å². The minimum Gasteiger partial charge on any atom is -0.381 e. The molecule has 6 heteroatoms. The SMILES string of the molecule is CC.CCCCCCN(C)c1nnc2c(N)nccn12. The molecule has 0 radical (unpaired) electrons. The molecule has 0 fully saturated rings. The van der Waals surface area contributed by atoms with E-state index in [0.717, 1.165) is 12.5 Å². The Morgan fingerprint density at radius 1 is 1.20 bits per heavy atom. The van der Waals surface area contributed by atoms with Gasteiger partial charge in [-0.05, 0) is 6.42 Å². The van der Waals surface area contributed by atoms with Crippen molar-refractivity contribution in [2.45, 2.75) is 46.5 Å². The molecule has 0 amide bonds. The van der Waals surface area contributed by atoms with Crippen LogP contribution in [0, 0.1) is 0 Å². The van der Waals surface area contributed by atoms with Crippen molar-refractivity contribution in [3.05, 3.63) is 12.4 Å². The van der Waals surface area contributed by atoms with Crippen LogP contribution in [0.25, 0.3) is 5.65 Å². The summed E-state index contributed by atoms with van der Waals surface area (Å²) >= 11 is 0. The van der Waals surface area contributed by atoms with Crippen molar-refractivity contribution >= 4 is 17.4 Å². The molecule has 0 aliphatic carbocycles. The fourth-order valence-corrected chi connectivity index (χ4v) is 1.97. The van der Waals surface area contributed by atoms with Crippen molar-refractivity contribution in [2.75, 3.05) is 24.2 Å². The van der Waals surface area contributed by atoms with Crippen molar-refractivity contribution in [1.82, 2.24) is 19.6 Å². The zero-order valence-electron chi connectivity index (χ0n) is 13.0. The predicted molar refractivity (Wildman–Crippen MR) is 84.0 cm³/mol. The highest BCUT2D eigenvalue weighted by Crippen LogP contribution is 2.15. The lowest BCUT2D eigenvalue weighted by atomic mass is 10.2. The van der Waals surface area contributed by atoms with Gasteiger partial charge in [-0.1, -0.05) is 40.0 Å². The van der Waals surface area contributed by atoms with Crippen molar-refractivity contribution in [3.8, 4) is 0 Å². The zero-order valence-corrected chi connectivity index (χ0v) is 13.0. The number of hydrogen-bond donors (Lipinski definition) is 1. The summed E-state index contributed by atoms with van der Waals surface area (Å²) in [5.74, 6) is 1.23. The molecular weight excluding hydrogens is 252 g/mol.